The van der Waals surface area contributed by atoms with Crippen molar-refractivity contribution < 1.29 is 9.53 Å². The van der Waals surface area contributed by atoms with Crippen molar-refractivity contribution in [2.75, 3.05) is 13.7 Å². The molecule has 0 aromatic rings. The summed E-state index contributed by atoms with van der Waals surface area (Å²) < 4.78 is 5.17. The highest BCUT2D eigenvalue weighted by molar-refractivity contribution is 5.97. The maximum absolute atomic E-state index is 12.4. The molecule has 0 saturated carbocycles. The third kappa shape index (κ3) is 4.77. The molecule has 0 bridgehead atoms. The molecule has 0 atom stereocenters. The van der Waals surface area contributed by atoms with E-state index < -0.39 is 0 Å². The van der Waals surface area contributed by atoms with Crippen molar-refractivity contribution in [1.29, 1.82) is 0 Å². The number of nitrogens with zero attached hydrogens (tertiary/aromatic N) is 1. The van der Waals surface area contributed by atoms with Crippen LogP contribution >= 0.6 is 0 Å². The van der Waals surface area contributed by atoms with Crippen molar-refractivity contribution in [3.63, 3.8) is 0 Å². The number of rotatable bonds is 4. The molecule has 2 aliphatic rings. The van der Waals surface area contributed by atoms with Gasteiger partial charge < -0.3 is 9.64 Å². The number of carbonyl (C=O) groups is 1. The molecule has 3 heteroatoms. The average molecular weight is 297 g/mol. The molecule has 0 spiro atoms. The fourth-order valence-corrected chi connectivity index (χ4v) is 2.12. The first-order chi connectivity index (χ1) is 10.7. The molecule has 3 nitrogen and oxygen atoms in total. The standard InChI is InChI=1S/C17H19NO2.C2H4/c1-3-15-8-4-5-12-18(15)13-17(19)14-7-6-9-16(20-2)11-10-14;1-2/h3-9,11-12H,10,13H2,1-2H3;1-2H2/b15-3-;. The monoisotopic (exact) mass is 297 g/mol. The van der Waals surface area contributed by atoms with Gasteiger partial charge in [-0.1, -0.05) is 24.3 Å². The first-order valence-corrected chi connectivity index (χ1v) is 7.17. The van der Waals surface area contributed by atoms with Crippen LogP contribution in [0.3, 0.4) is 0 Å². The summed E-state index contributed by atoms with van der Waals surface area (Å²) in [5.74, 6) is 0.918. The Labute approximate surface area is 133 Å². The summed E-state index contributed by atoms with van der Waals surface area (Å²) in [7, 11) is 1.63. The van der Waals surface area contributed by atoms with Crippen molar-refractivity contribution >= 4 is 5.78 Å². The second kappa shape index (κ2) is 9.40. The molecule has 116 valence electrons. The molecule has 1 aliphatic carbocycles. The van der Waals surface area contributed by atoms with Crippen LogP contribution in [0.2, 0.25) is 0 Å². The van der Waals surface area contributed by atoms with Crippen LogP contribution in [0.5, 0.6) is 0 Å². The molecule has 1 aliphatic heterocycles. The summed E-state index contributed by atoms with van der Waals surface area (Å²) in [4.78, 5) is 14.3. The van der Waals surface area contributed by atoms with Gasteiger partial charge in [0.15, 0.2) is 5.78 Å². The minimum atomic E-state index is 0.127. The van der Waals surface area contributed by atoms with Crippen LogP contribution in [0.4, 0.5) is 0 Å². The number of methoxy groups -OCH3 is 1. The van der Waals surface area contributed by atoms with E-state index in [1.165, 1.54) is 0 Å². The van der Waals surface area contributed by atoms with Gasteiger partial charge in [-0.05, 0) is 37.6 Å². The van der Waals surface area contributed by atoms with Gasteiger partial charge in [-0.15, -0.1) is 13.2 Å². The normalized spacial score (nSPS) is 18.1. The van der Waals surface area contributed by atoms with Crippen molar-refractivity contribution in [2.24, 2.45) is 0 Å². The van der Waals surface area contributed by atoms with Crippen molar-refractivity contribution in [3.05, 3.63) is 85.0 Å². The third-order valence-electron chi connectivity index (χ3n) is 3.26. The molecule has 0 aromatic carbocycles. The van der Waals surface area contributed by atoms with Crippen LogP contribution in [0, 0.1) is 0 Å². The predicted octanol–water partition coefficient (Wildman–Crippen LogP) is 4.06. The molecular weight excluding hydrogens is 274 g/mol. The zero-order chi connectivity index (χ0) is 16.4. The van der Waals surface area contributed by atoms with Gasteiger partial charge in [-0.25, -0.2) is 0 Å². The minimum absolute atomic E-state index is 0.127. The van der Waals surface area contributed by atoms with Crippen LogP contribution in [-0.4, -0.2) is 24.3 Å². The Hall–Kier alpha value is -2.55. The molecule has 2 rings (SSSR count). The molecular formula is C19H23NO2. The Kier molecular flexibility index (Phi) is 7.48. The summed E-state index contributed by atoms with van der Waals surface area (Å²) in [6, 6.07) is 0. The van der Waals surface area contributed by atoms with Gasteiger partial charge in [0.25, 0.3) is 0 Å². The van der Waals surface area contributed by atoms with Crippen LogP contribution in [-0.2, 0) is 9.53 Å². The van der Waals surface area contributed by atoms with E-state index in [2.05, 4.69) is 13.2 Å². The first kappa shape index (κ1) is 17.5. The summed E-state index contributed by atoms with van der Waals surface area (Å²) in [6.45, 7) is 8.33. The first-order valence-electron chi connectivity index (χ1n) is 7.17. The topological polar surface area (TPSA) is 29.5 Å². The number of ether oxygens (including phenoxy) is 1. The molecule has 22 heavy (non-hydrogen) atoms. The smallest absolute Gasteiger partial charge is 0.178 e. The number of Topliss-reactive ketones (excluding diaryl/α,β-unsaturated/α-hetero) is 1. The largest absolute Gasteiger partial charge is 0.497 e. The number of carbonyl (C=O) groups excluding carboxylic acids is 1. The van der Waals surface area contributed by atoms with E-state index in [4.69, 9.17) is 4.74 Å². The highest BCUT2D eigenvalue weighted by atomic mass is 16.5. The van der Waals surface area contributed by atoms with Gasteiger partial charge >= 0.3 is 0 Å². The van der Waals surface area contributed by atoms with Crippen molar-refractivity contribution in [2.45, 2.75) is 13.3 Å². The van der Waals surface area contributed by atoms with Gasteiger partial charge in [-0.2, -0.15) is 0 Å². The Balaban J connectivity index is 0.00000116. The number of ketones is 1. The van der Waals surface area contributed by atoms with Crippen molar-refractivity contribution in [1.82, 2.24) is 4.90 Å². The number of hydrogen-bond donors (Lipinski definition) is 0. The minimum Gasteiger partial charge on any atom is -0.497 e. The zero-order valence-corrected chi connectivity index (χ0v) is 13.3. The second-order valence-electron chi connectivity index (χ2n) is 4.53. The van der Waals surface area contributed by atoms with Crippen LogP contribution < -0.4 is 0 Å². The Morgan fingerprint density at radius 1 is 1.32 bits per heavy atom. The molecule has 0 amide bonds. The predicted molar refractivity (Wildman–Crippen MR) is 91.9 cm³/mol. The molecule has 0 unspecified atom stereocenters. The third-order valence-corrected chi connectivity index (χ3v) is 3.26. The van der Waals surface area contributed by atoms with E-state index in [1.54, 1.807) is 7.11 Å². The molecule has 0 saturated heterocycles. The highest BCUT2D eigenvalue weighted by Gasteiger charge is 2.15. The van der Waals surface area contributed by atoms with Crippen LogP contribution in [0.15, 0.2) is 85.0 Å². The molecule has 1 heterocycles. The Morgan fingerprint density at radius 2 is 2.09 bits per heavy atom. The lowest BCUT2D eigenvalue weighted by Crippen LogP contribution is -2.25. The Bertz CT molecular complexity index is 574. The van der Waals surface area contributed by atoms with E-state index in [0.29, 0.717) is 13.0 Å². The maximum Gasteiger partial charge on any atom is 0.178 e. The van der Waals surface area contributed by atoms with Crippen LogP contribution in [0.1, 0.15) is 13.3 Å². The number of allylic oxidation sites excluding steroid dienone is 8. The zero-order valence-electron chi connectivity index (χ0n) is 13.3. The molecule has 0 aromatic heterocycles. The van der Waals surface area contributed by atoms with E-state index in [0.717, 1.165) is 17.0 Å². The van der Waals surface area contributed by atoms with Crippen LogP contribution in [0.25, 0.3) is 0 Å². The molecule has 0 N–H and O–H groups in total. The fourth-order valence-electron chi connectivity index (χ4n) is 2.12. The summed E-state index contributed by atoms with van der Waals surface area (Å²) in [6.07, 6.45) is 17.9. The lowest BCUT2D eigenvalue weighted by Gasteiger charge is -2.23. The van der Waals surface area contributed by atoms with Gasteiger partial charge in [0.1, 0.15) is 5.76 Å². The Morgan fingerprint density at radius 3 is 2.77 bits per heavy atom. The SMILES string of the molecule is C/C=C1/C=CC=CN1CC(=O)C1=CC=CC(OC)=CC1.C=C. The van der Waals surface area contributed by atoms with Gasteiger partial charge in [-0.3, -0.25) is 4.79 Å². The fraction of sp³-hybridized carbons (Fsp3) is 0.211. The number of hydrogen-bond acceptors (Lipinski definition) is 3. The average Bonchev–Trinajstić information content (AvgIpc) is 2.82. The highest BCUT2D eigenvalue weighted by Crippen LogP contribution is 2.17. The summed E-state index contributed by atoms with van der Waals surface area (Å²) in [5, 5.41) is 0. The lowest BCUT2D eigenvalue weighted by molar-refractivity contribution is -0.115. The summed E-state index contributed by atoms with van der Waals surface area (Å²) >= 11 is 0. The van der Waals surface area contributed by atoms with Gasteiger partial charge in [0.05, 0.1) is 13.7 Å². The summed E-state index contributed by atoms with van der Waals surface area (Å²) in [5.41, 5.74) is 1.84. The van der Waals surface area contributed by atoms with E-state index in [-0.39, 0.29) is 5.78 Å². The second-order valence-corrected chi connectivity index (χ2v) is 4.53. The lowest BCUT2D eigenvalue weighted by atomic mass is 10.1. The van der Waals surface area contributed by atoms with Gasteiger partial charge in [0, 0.05) is 17.5 Å². The molecule has 0 radical (unpaired) electrons. The van der Waals surface area contributed by atoms with E-state index in [1.807, 2.05) is 66.6 Å². The van der Waals surface area contributed by atoms with Gasteiger partial charge in [0.2, 0.25) is 0 Å². The van der Waals surface area contributed by atoms with E-state index in [9.17, 15) is 4.79 Å². The van der Waals surface area contributed by atoms with E-state index >= 15 is 0 Å². The maximum atomic E-state index is 12.4. The van der Waals surface area contributed by atoms with Crippen molar-refractivity contribution in [3.8, 4) is 0 Å². The quantitative estimate of drug-likeness (QED) is 0.733. The molecule has 0 fully saturated rings.